The molecule has 0 aromatic heterocycles. The fraction of sp³-hybridized carbons (Fsp3) is 0.286. The molecule has 144 valence electrons. The van der Waals surface area contributed by atoms with Crippen molar-refractivity contribution in [2.45, 2.75) is 25.7 Å². The summed E-state index contributed by atoms with van der Waals surface area (Å²) in [5.74, 6) is -2.62. The van der Waals surface area contributed by atoms with Crippen LogP contribution in [-0.4, -0.2) is 11.8 Å². The van der Waals surface area contributed by atoms with E-state index < -0.39 is 11.6 Å². The minimum absolute atomic E-state index is 0.0561. The Morgan fingerprint density at radius 3 is 2.04 bits per heavy atom. The number of anilines is 2. The zero-order valence-electron chi connectivity index (χ0n) is 15.0. The molecule has 2 amide bonds. The van der Waals surface area contributed by atoms with E-state index in [1.165, 1.54) is 6.07 Å². The average molecular weight is 383 g/mol. The van der Waals surface area contributed by atoms with E-state index >= 15 is 0 Å². The molecule has 0 spiro atoms. The van der Waals surface area contributed by atoms with Crippen molar-refractivity contribution in [3.8, 4) is 6.07 Å². The smallest absolute Gasteiger partial charge is 0.227 e. The van der Waals surface area contributed by atoms with Crippen molar-refractivity contribution in [1.82, 2.24) is 0 Å². The van der Waals surface area contributed by atoms with E-state index in [0.29, 0.717) is 36.9 Å². The van der Waals surface area contributed by atoms with Gasteiger partial charge in [-0.05, 0) is 49.9 Å². The highest BCUT2D eigenvalue weighted by Gasteiger charge is 2.30. The molecule has 0 saturated heterocycles. The van der Waals surface area contributed by atoms with Crippen LogP contribution < -0.4 is 10.6 Å². The Kier molecular flexibility index (Phi) is 5.99. The zero-order valence-corrected chi connectivity index (χ0v) is 15.0. The minimum Gasteiger partial charge on any atom is -0.325 e. The van der Waals surface area contributed by atoms with Crippen molar-refractivity contribution in [3.63, 3.8) is 0 Å². The van der Waals surface area contributed by atoms with Crippen molar-refractivity contribution >= 4 is 23.2 Å². The van der Waals surface area contributed by atoms with Gasteiger partial charge in [0.2, 0.25) is 11.8 Å². The van der Waals surface area contributed by atoms with Crippen LogP contribution in [0.4, 0.5) is 20.2 Å². The first kappa shape index (κ1) is 19.5. The molecule has 28 heavy (non-hydrogen) atoms. The molecule has 0 atom stereocenters. The molecule has 1 saturated carbocycles. The van der Waals surface area contributed by atoms with Gasteiger partial charge in [0, 0.05) is 17.9 Å². The molecule has 7 heteroatoms. The molecule has 2 aromatic rings. The molecule has 0 bridgehead atoms. The lowest BCUT2D eigenvalue weighted by molar-refractivity contribution is -0.125. The van der Waals surface area contributed by atoms with Crippen LogP contribution in [0, 0.1) is 34.8 Å². The van der Waals surface area contributed by atoms with E-state index in [1.807, 2.05) is 6.07 Å². The van der Waals surface area contributed by atoms with Crippen molar-refractivity contribution in [2.75, 3.05) is 10.6 Å². The summed E-state index contributed by atoms with van der Waals surface area (Å²) in [6.07, 6.45) is 2.02. The first-order valence-electron chi connectivity index (χ1n) is 9.04. The number of para-hydroxylation sites is 1. The van der Waals surface area contributed by atoms with Crippen LogP contribution in [-0.2, 0) is 9.59 Å². The molecule has 3 rings (SSSR count). The predicted octanol–water partition coefficient (Wildman–Crippen LogP) is 4.22. The molecule has 2 N–H and O–H groups in total. The second-order valence-electron chi connectivity index (χ2n) is 6.81. The second kappa shape index (κ2) is 8.61. The summed E-state index contributed by atoms with van der Waals surface area (Å²) in [6, 6.07) is 11.8. The number of nitrogens with one attached hydrogen (secondary N) is 2. The van der Waals surface area contributed by atoms with E-state index in [0.717, 1.165) is 12.1 Å². The van der Waals surface area contributed by atoms with Gasteiger partial charge in [-0.2, -0.15) is 5.26 Å². The summed E-state index contributed by atoms with van der Waals surface area (Å²) in [5.41, 5.74) is 0.811. The number of carbonyl (C=O) groups excluding carboxylic acids is 2. The van der Waals surface area contributed by atoms with Gasteiger partial charge in [-0.3, -0.25) is 9.59 Å². The van der Waals surface area contributed by atoms with E-state index in [1.54, 1.807) is 24.3 Å². The molecule has 0 heterocycles. The van der Waals surface area contributed by atoms with Crippen LogP contribution in [0.5, 0.6) is 0 Å². The van der Waals surface area contributed by atoms with Gasteiger partial charge in [0.15, 0.2) is 0 Å². The monoisotopic (exact) mass is 383 g/mol. The third kappa shape index (κ3) is 4.52. The van der Waals surface area contributed by atoms with Gasteiger partial charge in [0.1, 0.15) is 17.7 Å². The summed E-state index contributed by atoms with van der Waals surface area (Å²) in [7, 11) is 0. The summed E-state index contributed by atoms with van der Waals surface area (Å²) in [4.78, 5) is 24.8. The Morgan fingerprint density at radius 1 is 0.893 bits per heavy atom. The van der Waals surface area contributed by atoms with E-state index in [4.69, 9.17) is 5.26 Å². The number of halogens is 2. The van der Waals surface area contributed by atoms with E-state index in [-0.39, 0.29) is 29.3 Å². The van der Waals surface area contributed by atoms with Crippen molar-refractivity contribution in [1.29, 1.82) is 5.26 Å². The third-order valence-corrected chi connectivity index (χ3v) is 4.96. The van der Waals surface area contributed by atoms with Gasteiger partial charge in [0.05, 0.1) is 16.9 Å². The molecule has 1 aliphatic carbocycles. The molecule has 5 nitrogen and oxygen atoms in total. The second-order valence-corrected chi connectivity index (χ2v) is 6.81. The highest BCUT2D eigenvalue weighted by Crippen LogP contribution is 2.31. The van der Waals surface area contributed by atoms with Crippen LogP contribution in [0.2, 0.25) is 0 Å². The topological polar surface area (TPSA) is 82.0 Å². The molecule has 2 aromatic carbocycles. The quantitative estimate of drug-likeness (QED) is 0.829. The lowest BCUT2D eigenvalue weighted by Crippen LogP contribution is -2.32. The van der Waals surface area contributed by atoms with Crippen LogP contribution in [0.3, 0.4) is 0 Å². The lowest BCUT2D eigenvalue weighted by atomic mass is 9.81. The fourth-order valence-electron chi connectivity index (χ4n) is 3.37. The highest BCUT2D eigenvalue weighted by molar-refractivity contribution is 5.95. The Bertz CT molecular complexity index is 931. The summed E-state index contributed by atoms with van der Waals surface area (Å²) < 4.78 is 26.6. The van der Waals surface area contributed by atoms with Gasteiger partial charge < -0.3 is 10.6 Å². The maximum absolute atomic E-state index is 13.7. The van der Waals surface area contributed by atoms with E-state index in [9.17, 15) is 18.4 Å². The third-order valence-electron chi connectivity index (χ3n) is 4.96. The molecule has 1 aliphatic rings. The van der Waals surface area contributed by atoms with Crippen molar-refractivity contribution in [3.05, 3.63) is 59.7 Å². The number of benzene rings is 2. The van der Waals surface area contributed by atoms with Gasteiger partial charge in [-0.25, -0.2) is 8.78 Å². The van der Waals surface area contributed by atoms with Crippen LogP contribution >= 0.6 is 0 Å². The highest BCUT2D eigenvalue weighted by atomic mass is 19.1. The minimum atomic E-state index is -0.822. The lowest BCUT2D eigenvalue weighted by Gasteiger charge is -2.27. The molecule has 0 aliphatic heterocycles. The van der Waals surface area contributed by atoms with Crippen LogP contribution in [0.25, 0.3) is 0 Å². The number of carbonyl (C=O) groups is 2. The maximum Gasteiger partial charge on any atom is 0.227 e. The fourth-order valence-corrected chi connectivity index (χ4v) is 3.37. The first-order chi connectivity index (χ1) is 13.5. The summed E-state index contributed by atoms with van der Waals surface area (Å²) in [6.45, 7) is 0. The molecular weight excluding hydrogens is 364 g/mol. The Labute approximate surface area is 161 Å². The summed E-state index contributed by atoms with van der Waals surface area (Å²) >= 11 is 0. The van der Waals surface area contributed by atoms with Crippen molar-refractivity contribution in [2.24, 2.45) is 11.8 Å². The average Bonchev–Trinajstić information content (AvgIpc) is 2.70. The normalized spacial score (nSPS) is 18.8. The van der Waals surface area contributed by atoms with Gasteiger partial charge in [-0.15, -0.1) is 0 Å². The number of hydrogen-bond donors (Lipinski definition) is 2. The standard InChI is InChI=1S/C21H19F2N3O2/c22-16-9-10-19(17(23)11-16)26-21(28)14-7-5-13(6-8-14)20(27)25-18-4-2-1-3-15(18)12-24/h1-4,9-11,13-14H,5-8H2,(H,25,27)(H,26,28). The molecule has 1 fully saturated rings. The maximum atomic E-state index is 13.7. The Balaban J connectivity index is 1.54. The number of nitrogens with zero attached hydrogens (tertiary/aromatic N) is 1. The number of hydrogen-bond acceptors (Lipinski definition) is 3. The summed E-state index contributed by atoms with van der Waals surface area (Å²) in [5, 5.41) is 14.4. The number of nitriles is 1. The Morgan fingerprint density at radius 2 is 1.46 bits per heavy atom. The van der Waals surface area contributed by atoms with Crippen molar-refractivity contribution < 1.29 is 18.4 Å². The predicted molar refractivity (Wildman–Crippen MR) is 100 cm³/mol. The molecular formula is C21H19F2N3O2. The van der Waals surface area contributed by atoms with Gasteiger partial charge in [-0.1, -0.05) is 12.1 Å². The largest absolute Gasteiger partial charge is 0.325 e. The molecule has 0 radical (unpaired) electrons. The number of amides is 2. The molecule has 0 unspecified atom stereocenters. The van der Waals surface area contributed by atoms with Crippen LogP contribution in [0.1, 0.15) is 31.2 Å². The van der Waals surface area contributed by atoms with Crippen LogP contribution in [0.15, 0.2) is 42.5 Å². The van der Waals surface area contributed by atoms with E-state index in [2.05, 4.69) is 10.6 Å². The SMILES string of the molecule is N#Cc1ccccc1NC(=O)C1CCC(C(=O)Nc2ccc(F)cc2F)CC1. The first-order valence-corrected chi connectivity index (χ1v) is 9.04. The van der Waals surface area contributed by atoms with Gasteiger partial charge >= 0.3 is 0 Å². The zero-order chi connectivity index (χ0) is 20.1. The van der Waals surface area contributed by atoms with Gasteiger partial charge in [0.25, 0.3) is 0 Å². The number of rotatable bonds is 4. The Hall–Kier alpha value is -3.27.